The van der Waals surface area contributed by atoms with Gasteiger partial charge in [-0.05, 0) is 43.9 Å². The lowest BCUT2D eigenvalue weighted by molar-refractivity contribution is -0.137. The van der Waals surface area contributed by atoms with Gasteiger partial charge in [0.15, 0.2) is 0 Å². The van der Waals surface area contributed by atoms with Crippen LogP contribution in [0.25, 0.3) is 5.69 Å². The molecule has 0 aromatic carbocycles. The lowest BCUT2D eigenvalue weighted by Gasteiger charge is -2.37. The van der Waals surface area contributed by atoms with Crippen LogP contribution in [-0.4, -0.2) is 92.0 Å². The second-order valence-corrected chi connectivity index (χ2v) is 10.5. The molecule has 3 fully saturated rings. The molecule has 37 heavy (non-hydrogen) atoms. The van der Waals surface area contributed by atoms with Gasteiger partial charge in [0.05, 0.1) is 23.1 Å². The molecule has 2 atom stereocenters. The van der Waals surface area contributed by atoms with E-state index in [1.165, 1.54) is 4.57 Å². The molecule has 2 unspecified atom stereocenters. The summed E-state index contributed by atoms with van der Waals surface area (Å²) in [6, 6.07) is 5.33. The predicted molar refractivity (Wildman–Crippen MR) is 141 cm³/mol. The number of piperidine rings is 1. The molecule has 0 bridgehead atoms. The fraction of sp³-hybridized carbons (Fsp3) is 0.542. The first-order chi connectivity index (χ1) is 17.1. The van der Waals surface area contributed by atoms with Gasteiger partial charge in [-0.25, -0.2) is 9.59 Å². The highest BCUT2D eigenvalue weighted by Crippen LogP contribution is 2.44. The van der Waals surface area contributed by atoms with Crippen molar-refractivity contribution >= 4 is 30.2 Å². The molecule has 12 nitrogen and oxygen atoms in total. The summed E-state index contributed by atoms with van der Waals surface area (Å²) in [7, 11) is 0. The third kappa shape index (κ3) is 5.77. The summed E-state index contributed by atoms with van der Waals surface area (Å²) in [5.41, 5.74) is 12.0. The van der Waals surface area contributed by atoms with Crippen LogP contribution in [0, 0.1) is 11.8 Å². The van der Waals surface area contributed by atoms with Gasteiger partial charge < -0.3 is 21.3 Å². The molecule has 2 aromatic rings. The Morgan fingerprint density at radius 1 is 1.08 bits per heavy atom. The lowest BCUT2D eigenvalue weighted by Crippen LogP contribution is -2.58. The number of piperazine rings is 1. The number of amides is 3. The van der Waals surface area contributed by atoms with Crippen LogP contribution in [0.1, 0.15) is 19.5 Å². The number of halogens is 1. The molecule has 1 aliphatic carbocycles. The Hall–Kier alpha value is -3.06. The van der Waals surface area contributed by atoms with Crippen LogP contribution >= 0.6 is 12.4 Å². The van der Waals surface area contributed by atoms with Crippen molar-refractivity contribution in [1.29, 1.82) is 0 Å². The molecule has 200 valence electrons. The van der Waals surface area contributed by atoms with Crippen molar-refractivity contribution in [1.82, 2.24) is 29.2 Å². The number of rotatable bonds is 5. The maximum Gasteiger partial charge on any atom is 0.354 e. The van der Waals surface area contributed by atoms with Crippen molar-refractivity contribution in [3.05, 3.63) is 46.8 Å². The van der Waals surface area contributed by atoms with E-state index in [0.29, 0.717) is 49.7 Å². The highest BCUT2D eigenvalue weighted by molar-refractivity contribution is 5.89. The topological polar surface area (TPSA) is 156 Å². The fourth-order valence-corrected chi connectivity index (χ4v) is 5.05. The Morgan fingerprint density at radius 2 is 1.73 bits per heavy atom. The summed E-state index contributed by atoms with van der Waals surface area (Å²) in [5.74, 6) is 1.28. The first-order valence-electron chi connectivity index (χ1n) is 12.3. The van der Waals surface area contributed by atoms with E-state index in [1.807, 2.05) is 12.1 Å². The highest BCUT2D eigenvalue weighted by atomic mass is 35.5. The summed E-state index contributed by atoms with van der Waals surface area (Å²) in [6.45, 7) is 7.68. The average Bonchev–Trinajstić information content (AvgIpc) is 3.23. The van der Waals surface area contributed by atoms with Gasteiger partial charge in [0, 0.05) is 58.1 Å². The van der Waals surface area contributed by atoms with E-state index in [2.05, 4.69) is 20.2 Å². The molecule has 13 heteroatoms. The largest absolute Gasteiger partial charge is 0.354 e. The van der Waals surface area contributed by atoms with Crippen molar-refractivity contribution in [3.63, 3.8) is 0 Å². The first kappa shape index (κ1) is 27.0. The Balaban J connectivity index is 0.00000320. The molecule has 2 aromatic heterocycles. The van der Waals surface area contributed by atoms with Crippen LogP contribution in [0.15, 0.2) is 35.4 Å². The second kappa shape index (κ2) is 10.4. The predicted octanol–water partition coefficient (Wildman–Crippen LogP) is -0.148. The normalized spacial score (nSPS) is 23.3. The number of likely N-dealkylation sites (tertiary alicyclic amines) is 1. The zero-order valence-electron chi connectivity index (χ0n) is 21.0. The number of nitrogens with two attached hydrogens (primary N) is 2. The summed E-state index contributed by atoms with van der Waals surface area (Å²) < 4.78 is 1.38. The molecular formula is C24H34ClN9O3. The van der Waals surface area contributed by atoms with Gasteiger partial charge >= 0.3 is 11.7 Å². The minimum Gasteiger partial charge on any atom is -0.338 e. The number of nitrogens with one attached hydrogen (secondary N) is 1. The third-order valence-electron chi connectivity index (χ3n) is 7.25. The molecular weight excluding hydrogens is 498 g/mol. The van der Waals surface area contributed by atoms with Gasteiger partial charge in [0.25, 0.3) is 0 Å². The van der Waals surface area contributed by atoms with Gasteiger partial charge in [0.2, 0.25) is 5.91 Å². The monoisotopic (exact) mass is 531 g/mol. The zero-order valence-corrected chi connectivity index (χ0v) is 21.9. The van der Waals surface area contributed by atoms with E-state index in [9.17, 15) is 14.4 Å². The maximum absolute atomic E-state index is 12.6. The van der Waals surface area contributed by atoms with Crippen LogP contribution in [0.3, 0.4) is 0 Å². The summed E-state index contributed by atoms with van der Waals surface area (Å²) in [4.78, 5) is 51.7. The SMILES string of the molecule is CC(C)(N)C(=O)N1CCN(C(=O)Nc2ccn(-c3ccc(CN4CC5C(N)C5C4)nc3)c(=O)n2)CC1.Cl. The first-order valence-corrected chi connectivity index (χ1v) is 12.3. The number of fused-ring (bicyclic) bond motifs is 1. The Labute approximate surface area is 221 Å². The standard InChI is InChI=1S/C24H33N9O3.ClH/c1-24(2,26)21(34)31-7-9-32(10-8-31)22(35)28-19-5-6-33(23(36)29-19)16-4-3-15(27-11-16)12-30-13-17-18(14-30)20(17)25;/h3-6,11,17-18,20H,7-10,12-14,25-26H2,1-2H3,(H,28,29,35,36);1H. The van der Waals surface area contributed by atoms with Crippen LogP contribution in [0.4, 0.5) is 10.6 Å². The minimum atomic E-state index is -0.947. The lowest BCUT2D eigenvalue weighted by atomic mass is 10.1. The van der Waals surface area contributed by atoms with Gasteiger partial charge in [-0.3, -0.25) is 24.6 Å². The van der Waals surface area contributed by atoms with Crippen LogP contribution < -0.4 is 22.5 Å². The van der Waals surface area contributed by atoms with E-state index in [-0.39, 0.29) is 30.2 Å². The zero-order chi connectivity index (χ0) is 25.6. The molecule has 3 aliphatic rings. The number of carbonyl (C=O) groups is 2. The number of carbonyl (C=O) groups excluding carboxylic acids is 2. The average molecular weight is 532 g/mol. The van der Waals surface area contributed by atoms with Crippen molar-refractivity contribution < 1.29 is 9.59 Å². The Kier molecular flexibility index (Phi) is 7.56. The van der Waals surface area contributed by atoms with Crippen molar-refractivity contribution in [2.45, 2.75) is 32.0 Å². The molecule has 1 saturated carbocycles. The molecule has 2 saturated heterocycles. The molecule has 4 heterocycles. The molecule has 5 N–H and O–H groups in total. The number of urea groups is 1. The molecule has 0 radical (unpaired) electrons. The summed E-state index contributed by atoms with van der Waals surface area (Å²) in [6.07, 6.45) is 3.22. The van der Waals surface area contributed by atoms with E-state index < -0.39 is 11.2 Å². The van der Waals surface area contributed by atoms with E-state index in [0.717, 1.165) is 25.3 Å². The van der Waals surface area contributed by atoms with Crippen molar-refractivity contribution in [2.75, 3.05) is 44.6 Å². The molecule has 3 amide bonds. The number of nitrogens with zero attached hydrogens (tertiary/aromatic N) is 6. The third-order valence-corrected chi connectivity index (χ3v) is 7.25. The quantitative estimate of drug-likeness (QED) is 0.481. The minimum absolute atomic E-state index is 0. The number of pyridine rings is 1. The number of anilines is 1. The van der Waals surface area contributed by atoms with Gasteiger partial charge in [-0.1, -0.05) is 0 Å². The Morgan fingerprint density at radius 3 is 2.30 bits per heavy atom. The van der Waals surface area contributed by atoms with Crippen LogP contribution in [0.2, 0.25) is 0 Å². The van der Waals surface area contributed by atoms with Crippen LogP contribution in [-0.2, 0) is 11.3 Å². The summed E-state index contributed by atoms with van der Waals surface area (Å²) in [5, 5.41) is 2.67. The highest BCUT2D eigenvalue weighted by Gasteiger charge is 2.53. The molecule has 5 rings (SSSR count). The molecule has 2 aliphatic heterocycles. The van der Waals surface area contributed by atoms with Gasteiger partial charge in [-0.15, -0.1) is 12.4 Å². The van der Waals surface area contributed by atoms with Crippen LogP contribution in [0.5, 0.6) is 0 Å². The van der Waals surface area contributed by atoms with E-state index in [1.54, 1.807) is 42.1 Å². The number of hydrogen-bond donors (Lipinski definition) is 3. The van der Waals surface area contributed by atoms with Crippen molar-refractivity contribution in [3.8, 4) is 5.69 Å². The number of hydrogen-bond acceptors (Lipinski definition) is 8. The summed E-state index contributed by atoms with van der Waals surface area (Å²) >= 11 is 0. The van der Waals surface area contributed by atoms with E-state index in [4.69, 9.17) is 11.5 Å². The Bertz CT molecular complexity index is 1190. The second-order valence-electron chi connectivity index (χ2n) is 10.5. The maximum atomic E-state index is 12.6. The smallest absolute Gasteiger partial charge is 0.338 e. The molecule has 0 spiro atoms. The van der Waals surface area contributed by atoms with E-state index >= 15 is 0 Å². The van der Waals surface area contributed by atoms with Crippen molar-refractivity contribution in [2.24, 2.45) is 23.3 Å². The number of aromatic nitrogens is 3. The fourth-order valence-electron chi connectivity index (χ4n) is 5.05. The van der Waals surface area contributed by atoms with Gasteiger partial charge in [0.1, 0.15) is 5.82 Å². The van der Waals surface area contributed by atoms with Gasteiger partial charge in [-0.2, -0.15) is 4.98 Å².